The van der Waals surface area contributed by atoms with Crippen molar-refractivity contribution in [3.63, 3.8) is 0 Å². The summed E-state index contributed by atoms with van der Waals surface area (Å²) in [7, 11) is 0. The van der Waals surface area contributed by atoms with E-state index >= 15 is 0 Å². The number of carbonyl (C=O) groups is 1. The molecule has 0 unspecified atom stereocenters. The number of aryl methyl sites for hydroxylation is 2. The van der Waals surface area contributed by atoms with Gasteiger partial charge in [0.25, 0.3) is 0 Å². The highest BCUT2D eigenvalue weighted by molar-refractivity contribution is 14.1. The number of hydrogen-bond donors (Lipinski definition) is 1. The third kappa shape index (κ3) is 3.11. The summed E-state index contributed by atoms with van der Waals surface area (Å²) in [6.07, 6.45) is -4.57. The van der Waals surface area contributed by atoms with E-state index in [1.165, 1.54) is 19.1 Å². The van der Waals surface area contributed by atoms with Crippen molar-refractivity contribution in [3.8, 4) is 11.1 Å². The Balaban J connectivity index is 2.89. The monoisotopic (exact) mass is 419 g/mol. The Kier molecular flexibility index (Phi) is 4.51. The number of hydrogen-bond acceptors (Lipinski definition) is 1. The Hall–Kier alpha value is -1.57. The second kappa shape index (κ2) is 5.91. The molecule has 0 radical (unpaired) electrons. The largest absolute Gasteiger partial charge is 0.417 e. The van der Waals surface area contributed by atoms with Crippen LogP contribution in [-0.4, -0.2) is 5.91 Å². The van der Waals surface area contributed by atoms with Crippen molar-refractivity contribution >= 4 is 28.5 Å². The average Bonchev–Trinajstić information content (AvgIpc) is 2.39. The van der Waals surface area contributed by atoms with Crippen LogP contribution in [0.15, 0.2) is 30.3 Å². The predicted molar refractivity (Wildman–Crippen MR) is 87.6 cm³/mol. The summed E-state index contributed by atoms with van der Waals surface area (Å²) >= 11 is 2.05. The van der Waals surface area contributed by atoms with E-state index in [0.717, 1.165) is 9.13 Å². The molecule has 2 aromatic carbocycles. The number of halogens is 4. The molecular weight excluding hydrogens is 406 g/mol. The van der Waals surface area contributed by atoms with Crippen LogP contribution in [0.1, 0.15) is 27.0 Å². The normalized spacial score (nSPS) is 11.5. The third-order valence-electron chi connectivity index (χ3n) is 3.42. The molecule has 2 rings (SSSR count). The maximum atomic E-state index is 13.5. The van der Waals surface area contributed by atoms with Crippen LogP contribution in [0, 0.1) is 17.4 Å². The molecule has 6 heteroatoms. The van der Waals surface area contributed by atoms with Crippen LogP contribution >= 0.6 is 22.6 Å². The summed E-state index contributed by atoms with van der Waals surface area (Å²) in [6, 6.07) is 7.55. The van der Waals surface area contributed by atoms with Crippen LogP contribution in [-0.2, 0) is 6.18 Å². The fourth-order valence-corrected chi connectivity index (χ4v) is 2.84. The molecule has 0 atom stereocenters. The minimum Gasteiger partial charge on any atom is -0.366 e. The molecule has 0 aliphatic rings. The van der Waals surface area contributed by atoms with Crippen LogP contribution < -0.4 is 5.73 Å². The number of rotatable bonds is 2. The van der Waals surface area contributed by atoms with Crippen molar-refractivity contribution < 1.29 is 18.0 Å². The van der Waals surface area contributed by atoms with Crippen molar-refractivity contribution in [1.29, 1.82) is 0 Å². The summed E-state index contributed by atoms with van der Waals surface area (Å²) in [5, 5.41) is 0. The summed E-state index contributed by atoms with van der Waals surface area (Å²) in [4.78, 5) is 11.6. The van der Waals surface area contributed by atoms with Crippen LogP contribution in [0.3, 0.4) is 0 Å². The molecule has 0 saturated heterocycles. The first-order valence-electron chi connectivity index (χ1n) is 6.40. The lowest BCUT2D eigenvalue weighted by molar-refractivity contribution is -0.137. The van der Waals surface area contributed by atoms with Gasteiger partial charge in [-0.05, 0) is 65.3 Å². The quantitative estimate of drug-likeness (QED) is 0.706. The van der Waals surface area contributed by atoms with Gasteiger partial charge in [0.05, 0.1) is 5.56 Å². The number of alkyl halides is 3. The van der Waals surface area contributed by atoms with Gasteiger partial charge in [0, 0.05) is 14.7 Å². The van der Waals surface area contributed by atoms with E-state index < -0.39 is 17.6 Å². The lowest BCUT2D eigenvalue weighted by atomic mass is 9.90. The van der Waals surface area contributed by atoms with Gasteiger partial charge < -0.3 is 5.73 Å². The summed E-state index contributed by atoms with van der Waals surface area (Å²) in [6.45, 7) is 3.23. The number of benzene rings is 2. The van der Waals surface area contributed by atoms with Gasteiger partial charge in [0.15, 0.2) is 0 Å². The molecule has 116 valence electrons. The predicted octanol–water partition coefficient (Wildman–Crippen LogP) is 4.69. The molecule has 0 aliphatic heterocycles. The number of primary amides is 1. The van der Waals surface area contributed by atoms with Crippen molar-refractivity contribution in [2.24, 2.45) is 5.73 Å². The van der Waals surface area contributed by atoms with E-state index in [2.05, 4.69) is 0 Å². The second-order valence-corrected chi connectivity index (χ2v) is 6.17. The Labute approximate surface area is 139 Å². The molecule has 22 heavy (non-hydrogen) atoms. The van der Waals surface area contributed by atoms with Crippen molar-refractivity contribution in [1.82, 2.24) is 0 Å². The number of amides is 1. The van der Waals surface area contributed by atoms with Gasteiger partial charge in [0.1, 0.15) is 0 Å². The second-order valence-electron chi connectivity index (χ2n) is 5.01. The van der Waals surface area contributed by atoms with Gasteiger partial charge in [-0.15, -0.1) is 0 Å². The molecule has 0 heterocycles. The molecule has 2 aromatic rings. The molecule has 0 saturated carbocycles. The fourth-order valence-electron chi connectivity index (χ4n) is 2.33. The number of nitrogens with two attached hydrogens (primary N) is 1. The van der Waals surface area contributed by atoms with Gasteiger partial charge in [0.2, 0.25) is 5.91 Å². The maximum absolute atomic E-state index is 13.5. The first kappa shape index (κ1) is 16.8. The lowest BCUT2D eigenvalue weighted by Crippen LogP contribution is -2.17. The highest BCUT2D eigenvalue weighted by Crippen LogP contribution is 2.41. The van der Waals surface area contributed by atoms with Crippen molar-refractivity contribution in [2.45, 2.75) is 20.0 Å². The van der Waals surface area contributed by atoms with Crippen LogP contribution in [0.5, 0.6) is 0 Å². The van der Waals surface area contributed by atoms with Crippen LogP contribution in [0.4, 0.5) is 13.2 Å². The Morgan fingerprint density at radius 2 is 1.68 bits per heavy atom. The highest BCUT2D eigenvalue weighted by atomic mass is 127. The van der Waals surface area contributed by atoms with Gasteiger partial charge in [-0.3, -0.25) is 4.79 Å². The molecule has 0 bridgehead atoms. The molecule has 0 fully saturated rings. The number of carbonyl (C=O) groups excluding carboxylic acids is 1. The van der Waals surface area contributed by atoms with E-state index in [0.29, 0.717) is 5.56 Å². The van der Waals surface area contributed by atoms with E-state index in [9.17, 15) is 18.0 Å². The Bertz CT molecular complexity index is 754. The summed E-state index contributed by atoms with van der Waals surface area (Å²) in [5.74, 6) is -0.879. The van der Waals surface area contributed by atoms with Crippen LogP contribution in [0.2, 0.25) is 0 Å². The third-order valence-corrected chi connectivity index (χ3v) is 4.59. The Morgan fingerprint density at radius 3 is 2.18 bits per heavy atom. The zero-order valence-electron chi connectivity index (χ0n) is 11.9. The van der Waals surface area contributed by atoms with E-state index in [1.807, 2.05) is 29.5 Å². The first-order valence-corrected chi connectivity index (χ1v) is 7.48. The highest BCUT2D eigenvalue weighted by Gasteiger charge is 2.37. The minimum atomic E-state index is -4.57. The fraction of sp³-hybridized carbons (Fsp3) is 0.188. The van der Waals surface area contributed by atoms with Gasteiger partial charge >= 0.3 is 6.18 Å². The van der Waals surface area contributed by atoms with E-state index in [4.69, 9.17) is 5.73 Å². The molecule has 2 N–H and O–H groups in total. The molecule has 0 spiro atoms. The van der Waals surface area contributed by atoms with E-state index in [-0.39, 0.29) is 16.7 Å². The lowest BCUT2D eigenvalue weighted by Gasteiger charge is -2.19. The zero-order valence-corrected chi connectivity index (χ0v) is 14.0. The summed E-state index contributed by atoms with van der Waals surface area (Å²) < 4.78 is 41.2. The molecule has 1 amide bonds. The maximum Gasteiger partial charge on any atom is 0.417 e. The first-order chi connectivity index (χ1) is 10.1. The van der Waals surface area contributed by atoms with Crippen molar-refractivity contribution in [3.05, 3.63) is 56.2 Å². The van der Waals surface area contributed by atoms with Gasteiger partial charge in [-0.1, -0.05) is 18.2 Å². The molecule has 0 aliphatic carbocycles. The molecule has 2 nitrogen and oxygen atoms in total. The van der Waals surface area contributed by atoms with E-state index in [1.54, 1.807) is 18.2 Å². The Morgan fingerprint density at radius 1 is 1.09 bits per heavy atom. The molecular formula is C16H13F3INO. The standard InChI is InChI=1S/C16H13F3INO/c1-8-3-5-10(7-12(8)20)13-11(15(21)22)6-4-9(2)14(13)16(17,18)19/h3-7H,1-2H3,(H2,21,22). The van der Waals surface area contributed by atoms with Gasteiger partial charge in [-0.2, -0.15) is 13.2 Å². The summed E-state index contributed by atoms with van der Waals surface area (Å²) in [5.41, 5.74) is 5.52. The SMILES string of the molecule is Cc1ccc(-c2c(C(N)=O)ccc(C)c2C(F)(F)F)cc1I. The zero-order chi connectivity index (χ0) is 16.7. The smallest absolute Gasteiger partial charge is 0.366 e. The minimum absolute atomic E-state index is 0.0584. The van der Waals surface area contributed by atoms with Crippen LogP contribution in [0.25, 0.3) is 11.1 Å². The van der Waals surface area contributed by atoms with Gasteiger partial charge in [-0.25, -0.2) is 0 Å². The topological polar surface area (TPSA) is 43.1 Å². The average molecular weight is 419 g/mol. The van der Waals surface area contributed by atoms with Crippen molar-refractivity contribution in [2.75, 3.05) is 0 Å². The molecule has 0 aromatic heterocycles.